The number of aromatic nitrogens is 3. The number of hydrogen-bond acceptors (Lipinski definition) is 5. The lowest BCUT2D eigenvalue weighted by Crippen LogP contribution is -2.33. The van der Waals surface area contributed by atoms with Gasteiger partial charge in [-0.15, -0.1) is 0 Å². The van der Waals surface area contributed by atoms with Crippen LogP contribution in [0, 0.1) is 0 Å². The van der Waals surface area contributed by atoms with Gasteiger partial charge in [-0.25, -0.2) is 4.98 Å². The lowest BCUT2D eigenvalue weighted by Gasteiger charge is -2.14. The Hall–Kier alpha value is -3.31. The summed E-state index contributed by atoms with van der Waals surface area (Å²) in [6.07, 6.45) is -2.77. The summed E-state index contributed by atoms with van der Waals surface area (Å²) in [7, 11) is 0. The fourth-order valence-corrected chi connectivity index (χ4v) is 4.94. The molecule has 0 bridgehead atoms. The largest absolute Gasteiger partial charge is 0.416 e. The summed E-state index contributed by atoms with van der Waals surface area (Å²) >= 11 is 0.991. The molecule has 1 atom stereocenters. The molecule has 0 saturated carbocycles. The van der Waals surface area contributed by atoms with Crippen molar-refractivity contribution in [2.24, 2.45) is 0 Å². The molecule has 1 saturated heterocycles. The molecule has 7 nitrogen and oxygen atoms in total. The van der Waals surface area contributed by atoms with Crippen molar-refractivity contribution < 1.29 is 22.7 Å². The SMILES string of the molecule is O=C(CSc1nc2c([nH]c3ccccc32)c(=O)n1-c1cccc(C(F)(F)F)c1)NCC1CCCO1. The maximum absolute atomic E-state index is 13.5. The van der Waals surface area contributed by atoms with Crippen molar-refractivity contribution >= 4 is 39.6 Å². The number of para-hydroxylation sites is 1. The van der Waals surface area contributed by atoms with Crippen LogP contribution in [0.2, 0.25) is 0 Å². The van der Waals surface area contributed by atoms with Crippen LogP contribution in [0.5, 0.6) is 0 Å². The number of benzene rings is 2. The van der Waals surface area contributed by atoms with Gasteiger partial charge in [-0.2, -0.15) is 13.2 Å². The van der Waals surface area contributed by atoms with E-state index in [1.807, 2.05) is 0 Å². The van der Waals surface area contributed by atoms with Crippen molar-refractivity contribution in [3.63, 3.8) is 0 Å². The van der Waals surface area contributed by atoms with E-state index in [-0.39, 0.29) is 34.1 Å². The number of ether oxygens (including phenoxy) is 1. The number of nitrogens with one attached hydrogen (secondary N) is 2. The zero-order valence-electron chi connectivity index (χ0n) is 18.4. The van der Waals surface area contributed by atoms with E-state index >= 15 is 0 Å². The molecule has 35 heavy (non-hydrogen) atoms. The van der Waals surface area contributed by atoms with Gasteiger partial charge in [0, 0.05) is 24.1 Å². The van der Waals surface area contributed by atoms with Gasteiger partial charge in [0.05, 0.1) is 23.1 Å². The highest BCUT2D eigenvalue weighted by Gasteiger charge is 2.31. The van der Waals surface area contributed by atoms with Gasteiger partial charge >= 0.3 is 6.18 Å². The number of carbonyl (C=O) groups is 1. The van der Waals surface area contributed by atoms with Gasteiger partial charge in [0.15, 0.2) is 5.16 Å². The minimum atomic E-state index is -4.58. The lowest BCUT2D eigenvalue weighted by atomic mass is 10.2. The number of aromatic amines is 1. The van der Waals surface area contributed by atoms with Crippen LogP contribution >= 0.6 is 11.8 Å². The molecule has 1 fully saturated rings. The van der Waals surface area contributed by atoms with Crippen molar-refractivity contribution in [1.29, 1.82) is 0 Å². The van der Waals surface area contributed by atoms with Crippen LogP contribution in [0.4, 0.5) is 13.2 Å². The summed E-state index contributed by atoms with van der Waals surface area (Å²) in [5.41, 5.74) is -0.164. The van der Waals surface area contributed by atoms with Gasteiger partial charge in [0.1, 0.15) is 11.0 Å². The molecule has 1 aliphatic rings. The third-order valence-electron chi connectivity index (χ3n) is 5.81. The molecule has 1 unspecified atom stereocenters. The first kappa shape index (κ1) is 23.4. The van der Waals surface area contributed by atoms with Crippen LogP contribution in [0.1, 0.15) is 18.4 Å². The third-order valence-corrected chi connectivity index (χ3v) is 6.75. The number of fused-ring (bicyclic) bond motifs is 3. The van der Waals surface area contributed by atoms with Crippen LogP contribution in [-0.4, -0.2) is 45.5 Å². The van der Waals surface area contributed by atoms with Gasteiger partial charge in [0.25, 0.3) is 5.56 Å². The van der Waals surface area contributed by atoms with E-state index in [2.05, 4.69) is 15.3 Å². The molecule has 0 spiro atoms. The van der Waals surface area contributed by atoms with E-state index in [0.29, 0.717) is 29.6 Å². The fourth-order valence-electron chi connectivity index (χ4n) is 4.10. The molecule has 2 aromatic carbocycles. The van der Waals surface area contributed by atoms with Gasteiger partial charge in [-0.05, 0) is 37.1 Å². The Morgan fingerprint density at radius 3 is 2.83 bits per heavy atom. The number of hydrogen-bond donors (Lipinski definition) is 2. The number of thioether (sulfide) groups is 1. The van der Waals surface area contributed by atoms with Crippen LogP contribution in [0.15, 0.2) is 58.5 Å². The molecule has 0 aliphatic carbocycles. The first-order valence-electron chi connectivity index (χ1n) is 11.0. The standard InChI is InChI=1S/C24H21F3N4O3S/c25-24(26,27)14-5-3-6-15(11-14)31-22(33)21-20(17-8-1-2-9-18(17)29-21)30-23(31)35-13-19(32)28-12-16-7-4-10-34-16/h1-3,5-6,8-9,11,16,29H,4,7,10,12-13H2,(H,28,32). The summed E-state index contributed by atoms with van der Waals surface area (Å²) in [6.45, 7) is 1.06. The molecular formula is C24H21F3N4O3S. The zero-order valence-corrected chi connectivity index (χ0v) is 19.2. The Morgan fingerprint density at radius 2 is 2.06 bits per heavy atom. The van der Waals surface area contributed by atoms with E-state index in [1.54, 1.807) is 24.3 Å². The van der Waals surface area contributed by atoms with E-state index in [0.717, 1.165) is 41.3 Å². The summed E-state index contributed by atoms with van der Waals surface area (Å²) in [5.74, 6) is -0.347. The quantitative estimate of drug-likeness (QED) is 0.304. The summed E-state index contributed by atoms with van der Waals surface area (Å²) in [6, 6.07) is 11.7. The average Bonchev–Trinajstić information content (AvgIpc) is 3.49. The molecule has 11 heteroatoms. The molecule has 0 radical (unpaired) electrons. The second-order valence-corrected chi connectivity index (χ2v) is 9.15. The van der Waals surface area contributed by atoms with E-state index in [4.69, 9.17) is 4.74 Å². The number of nitrogens with zero attached hydrogens (tertiary/aromatic N) is 2. The number of amides is 1. The fraction of sp³-hybridized carbons (Fsp3) is 0.292. The summed E-state index contributed by atoms with van der Waals surface area (Å²) in [5, 5.41) is 3.64. The first-order chi connectivity index (χ1) is 16.8. The Kier molecular flexibility index (Phi) is 6.28. The van der Waals surface area contributed by atoms with Crippen molar-refractivity contribution in [3.05, 3.63) is 64.4 Å². The monoisotopic (exact) mass is 502 g/mol. The number of rotatable bonds is 6. The molecule has 4 aromatic rings. The van der Waals surface area contributed by atoms with Crippen molar-refractivity contribution in [3.8, 4) is 5.69 Å². The Balaban J connectivity index is 1.54. The first-order valence-corrected chi connectivity index (χ1v) is 12.0. The minimum absolute atomic E-state index is 0.0140. The third kappa shape index (κ3) is 4.78. The molecule has 1 amide bonds. The van der Waals surface area contributed by atoms with Crippen molar-refractivity contribution in [2.75, 3.05) is 18.9 Å². The second kappa shape index (κ2) is 9.38. The highest BCUT2D eigenvalue weighted by atomic mass is 32.2. The number of halogens is 3. The Labute approximate surface area is 201 Å². The van der Waals surface area contributed by atoms with E-state index in [9.17, 15) is 22.8 Å². The van der Waals surface area contributed by atoms with Crippen LogP contribution < -0.4 is 10.9 Å². The maximum Gasteiger partial charge on any atom is 0.416 e. The number of alkyl halides is 3. The van der Waals surface area contributed by atoms with E-state index < -0.39 is 17.3 Å². The summed E-state index contributed by atoms with van der Waals surface area (Å²) in [4.78, 5) is 33.6. The normalized spacial score (nSPS) is 16.3. The Morgan fingerprint density at radius 1 is 1.23 bits per heavy atom. The van der Waals surface area contributed by atoms with Gasteiger partial charge in [0.2, 0.25) is 5.91 Å². The molecular weight excluding hydrogens is 481 g/mol. The second-order valence-electron chi connectivity index (χ2n) is 8.20. The minimum Gasteiger partial charge on any atom is -0.376 e. The molecule has 3 heterocycles. The molecule has 2 aromatic heterocycles. The lowest BCUT2D eigenvalue weighted by molar-refractivity contribution is -0.137. The van der Waals surface area contributed by atoms with Crippen LogP contribution in [0.3, 0.4) is 0 Å². The Bertz CT molecular complexity index is 1460. The van der Waals surface area contributed by atoms with Crippen LogP contribution in [-0.2, 0) is 15.7 Å². The van der Waals surface area contributed by atoms with Crippen molar-refractivity contribution in [1.82, 2.24) is 19.9 Å². The number of H-pyrrole nitrogens is 1. The number of carbonyl (C=O) groups excluding carboxylic acids is 1. The highest BCUT2D eigenvalue weighted by molar-refractivity contribution is 7.99. The topological polar surface area (TPSA) is 89.0 Å². The van der Waals surface area contributed by atoms with Crippen molar-refractivity contribution in [2.45, 2.75) is 30.3 Å². The van der Waals surface area contributed by atoms with Crippen LogP contribution in [0.25, 0.3) is 27.6 Å². The highest BCUT2D eigenvalue weighted by Crippen LogP contribution is 2.32. The summed E-state index contributed by atoms with van der Waals surface area (Å²) < 4.78 is 46.7. The van der Waals surface area contributed by atoms with Gasteiger partial charge in [-0.3, -0.25) is 14.2 Å². The molecule has 1 aliphatic heterocycles. The molecule has 5 rings (SSSR count). The molecule has 2 N–H and O–H groups in total. The van der Waals surface area contributed by atoms with Gasteiger partial charge in [-0.1, -0.05) is 36.0 Å². The van der Waals surface area contributed by atoms with E-state index in [1.165, 1.54) is 12.1 Å². The predicted molar refractivity (Wildman–Crippen MR) is 127 cm³/mol. The average molecular weight is 503 g/mol. The maximum atomic E-state index is 13.5. The van der Waals surface area contributed by atoms with Gasteiger partial charge < -0.3 is 15.0 Å². The smallest absolute Gasteiger partial charge is 0.376 e. The predicted octanol–water partition coefficient (Wildman–Crippen LogP) is 4.27. The zero-order chi connectivity index (χ0) is 24.6. The molecule has 182 valence electrons.